The molecule has 0 atom stereocenters. The molecule has 0 saturated carbocycles. The first kappa shape index (κ1) is 37.8. The lowest BCUT2D eigenvalue weighted by molar-refractivity contribution is 1.03. The van der Waals surface area contributed by atoms with E-state index in [2.05, 4.69) is 218 Å². The molecule has 0 radical (unpaired) electrons. The van der Waals surface area contributed by atoms with Crippen molar-refractivity contribution in [3.63, 3.8) is 0 Å². The topological polar surface area (TPSA) is 47.9 Å². The van der Waals surface area contributed by atoms with Crippen LogP contribution in [0.15, 0.2) is 206 Å². The van der Waals surface area contributed by atoms with Crippen LogP contribution < -0.4 is 0 Å². The normalized spacial score (nSPS) is 12.0. The first-order valence-electron chi connectivity index (χ1n) is 23.0. The summed E-state index contributed by atoms with van der Waals surface area (Å²) in [4.78, 5) is 4.70. The summed E-state index contributed by atoms with van der Waals surface area (Å²) in [5.74, 6) is 0. The lowest BCUT2D eigenvalue weighted by Gasteiger charge is -2.27. The number of nitrogens with zero attached hydrogens (tertiary/aromatic N) is 6. The van der Waals surface area contributed by atoms with Gasteiger partial charge in [-0.2, -0.15) is 5.26 Å². The molecule has 5 heterocycles. The van der Waals surface area contributed by atoms with Gasteiger partial charge in [0.25, 0.3) is 0 Å². The average molecular weight is 895 g/mol. The van der Waals surface area contributed by atoms with Crippen LogP contribution in [0.5, 0.6) is 0 Å². The maximum Gasteiger partial charge on any atom is 0.237 e. The molecular weight excluding hydrogens is 861 g/mol. The van der Waals surface area contributed by atoms with Gasteiger partial charge in [-0.1, -0.05) is 146 Å². The monoisotopic (exact) mass is 894 g/mol. The smallest absolute Gasteiger partial charge is 0.237 e. The van der Waals surface area contributed by atoms with Crippen LogP contribution in [0.2, 0.25) is 0 Å². The number of benzene rings is 10. The minimum atomic E-state index is 0.372. The summed E-state index contributed by atoms with van der Waals surface area (Å²) in [6.45, 7) is 9.61. The van der Waals surface area contributed by atoms with Crippen molar-refractivity contribution in [2.75, 3.05) is 0 Å². The van der Waals surface area contributed by atoms with Crippen LogP contribution in [0.3, 0.4) is 0 Å². The highest BCUT2D eigenvalue weighted by molar-refractivity contribution is 7.26. The van der Waals surface area contributed by atoms with Crippen molar-refractivity contribution in [2.45, 2.75) is 0 Å². The lowest BCUT2D eigenvalue weighted by atomic mass is 10.0. The van der Waals surface area contributed by atoms with E-state index >= 15 is 0 Å². The Bertz CT molecular complexity index is 4660. The van der Waals surface area contributed by atoms with Crippen LogP contribution in [-0.4, -0.2) is 18.3 Å². The fraction of sp³-hybridized carbons (Fsp3) is 0. The summed E-state index contributed by atoms with van der Waals surface area (Å²) >= 11 is 1.81. The van der Waals surface area contributed by atoms with Gasteiger partial charge in [0.2, 0.25) is 5.69 Å². The van der Waals surface area contributed by atoms with Gasteiger partial charge in [-0.25, -0.2) is 4.85 Å². The molecule has 0 aliphatic carbocycles. The zero-order valence-electron chi connectivity index (χ0n) is 36.7. The molecule has 0 unspecified atom stereocenters. The summed E-state index contributed by atoms with van der Waals surface area (Å²) in [5.41, 5.74) is 11.1. The second-order valence-electron chi connectivity index (χ2n) is 17.7. The van der Waals surface area contributed by atoms with Gasteiger partial charge in [0.05, 0.1) is 79.0 Å². The van der Waals surface area contributed by atoms with Crippen LogP contribution >= 0.6 is 11.3 Å². The van der Waals surface area contributed by atoms with Crippen LogP contribution in [0.4, 0.5) is 5.69 Å². The molecule has 69 heavy (non-hydrogen) atoms. The zero-order chi connectivity index (χ0) is 45.5. The van der Waals surface area contributed by atoms with E-state index in [-0.39, 0.29) is 0 Å². The van der Waals surface area contributed by atoms with Crippen LogP contribution in [0, 0.1) is 17.9 Å². The van der Waals surface area contributed by atoms with Crippen molar-refractivity contribution in [1.82, 2.24) is 18.3 Å². The van der Waals surface area contributed by atoms with Crippen molar-refractivity contribution in [3.8, 4) is 28.8 Å². The molecular formula is C62H34N6S. The Labute approximate surface area is 398 Å². The number of aromatic nitrogens is 4. The number of thiophene rings is 1. The van der Waals surface area contributed by atoms with Gasteiger partial charge in [0, 0.05) is 63.3 Å². The molecule has 10 aromatic carbocycles. The molecule has 6 nitrogen and oxygen atoms in total. The third-order valence-electron chi connectivity index (χ3n) is 14.4. The van der Waals surface area contributed by atoms with Gasteiger partial charge in [-0.15, -0.1) is 11.3 Å². The van der Waals surface area contributed by atoms with E-state index in [1.807, 2.05) is 12.1 Å². The van der Waals surface area contributed by atoms with E-state index in [1.54, 1.807) is 11.3 Å². The molecule has 15 aromatic rings. The van der Waals surface area contributed by atoms with Crippen molar-refractivity contribution in [1.29, 1.82) is 5.26 Å². The van der Waals surface area contributed by atoms with Crippen molar-refractivity contribution in [2.24, 2.45) is 0 Å². The van der Waals surface area contributed by atoms with Crippen molar-refractivity contribution < 1.29 is 0 Å². The number of para-hydroxylation sites is 7. The maximum atomic E-state index is 12.4. The number of hydrogen-bond donors (Lipinski definition) is 0. The Kier molecular flexibility index (Phi) is 7.70. The van der Waals surface area contributed by atoms with Crippen LogP contribution in [0.25, 0.3) is 135 Å². The largest absolute Gasteiger partial charge is 0.318 e. The first-order chi connectivity index (χ1) is 34.2. The third-order valence-corrected chi connectivity index (χ3v) is 15.5. The van der Waals surface area contributed by atoms with E-state index < -0.39 is 0 Å². The Morgan fingerprint density at radius 3 is 1.14 bits per heavy atom. The molecule has 0 amide bonds. The van der Waals surface area contributed by atoms with Gasteiger partial charge in [0.1, 0.15) is 6.07 Å². The molecule has 7 heteroatoms. The third kappa shape index (κ3) is 4.91. The zero-order valence-corrected chi connectivity index (χ0v) is 37.5. The molecule has 5 aromatic heterocycles. The molecule has 0 fully saturated rings. The van der Waals surface area contributed by atoms with E-state index in [0.29, 0.717) is 28.3 Å². The van der Waals surface area contributed by atoms with E-state index in [4.69, 9.17) is 4.85 Å². The number of nitriles is 1. The van der Waals surface area contributed by atoms with E-state index in [1.165, 1.54) is 20.2 Å². The number of rotatable bonds is 4. The predicted octanol–water partition coefficient (Wildman–Crippen LogP) is 16.9. The SMILES string of the molecule is [C-]#[N+]c1c(-n2c3ccccc3c3ccccc32)c(C#N)c(-n2c3ccccc3c3c4c(ccc32)sc2ccccc24)c(-n2c3ccccc3c3ccccc32)c1-n1c2ccccc2c2ccccc21. The summed E-state index contributed by atoms with van der Waals surface area (Å²) in [5, 5.41) is 23.4. The van der Waals surface area contributed by atoms with E-state index in [0.717, 1.165) is 92.9 Å². The fourth-order valence-electron chi connectivity index (χ4n) is 11.8. The molecule has 0 aliphatic rings. The maximum absolute atomic E-state index is 12.4. The summed E-state index contributed by atoms with van der Waals surface area (Å²) in [7, 11) is 0. The Hall–Kier alpha value is -9.40. The molecule has 318 valence electrons. The quantitative estimate of drug-likeness (QED) is 0.162. The van der Waals surface area contributed by atoms with Crippen molar-refractivity contribution in [3.05, 3.63) is 223 Å². The minimum Gasteiger partial charge on any atom is -0.318 e. The fourth-order valence-corrected chi connectivity index (χ4v) is 12.9. The van der Waals surface area contributed by atoms with Crippen LogP contribution in [-0.2, 0) is 0 Å². The Balaban J connectivity index is 1.29. The highest BCUT2D eigenvalue weighted by atomic mass is 32.1. The second-order valence-corrected chi connectivity index (χ2v) is 18.8. The minimum absolute atomic E-state index is 0.372. The molecule has 15 rings (SSSR count). The summed E-state index contributed by atoms with van der Waals surface area (Å²) in [6, 6.07) is 75.5. The molecule has 0 spiro atoms. The van der Waals surface area contributed by atoms with Gasteiger partial charge in [-0.05, 0) is 60.7 Å². The van der Waals surface area contributed by atoms with Gasteiger partial charge < -0.3 is 18.3 Å². The Morgan fingerprint density at radius 2 is 0.696 bits per heavy atom. The highest BCUT2D eigenvalue weighted by Gasteiger charge is 2.34. The number of hydrogen-bond acceptors (Lipinski definition) is 2. The number of fused-ring (bicyclic) bond motifs is 16. The van der Waals surface area contributed by atoms with E-state index in [9.17, 15) is 11.8 Å². The lowest BCUT2D eigenvalue weighted by Crippen LogP contribution is -2.14. The molecule has 0 N–H and O–H groups in total. The second kappa shape index (κ2) is 14.1. The average Bonchev–Trinajstić information content (AvgIpc) is 4.21. The first-order valence-corrected chi connectivity index (χ1v) is 23.9. The predicted molar refractivity (Wildman–Crippen MR) is 288 cm³/mol. The Morgan fingerprint density at radius 1 is 0.333 bits per heavy atom. The van der Waals surface area contributed by atoms with Gasteiger partial charge in [-0.3, -0.25) is 0 Å². The molecule has 0 saturated heterocycles. The summed E-state index contributed by atoms with van der Waals surface area (Å²) < 4.78 is 11.6. The standard InChI is InChI=1S/C62H34N6S/c1-64-58-59(65-46-26-10-2-18-37(46)38-19-3-11-27-47(38)65)45(36-63)60(68-52-32-16-8-24-43(52)56-53(68)34-35-55-57(56)44-25-9-17-33-54(44)69-55)62(67-50-30-14-6-22-41(50)42-23-7-15-31-51(42)67)61(58)66-48-28-12-4-20-39(48)40-21-5-13-29-49(40)66/h2-35H. The highest BCUT2D eigenvalue weighted by Crippen LogP contribution is 2.52. The van der Waals surface area contributed by atoms with Gasteiger partial charge >= 0.3 is 0 Å². The van der Waals surface area contributed by atoms with Gasteiger partial charge in [0.15, 0.2) is 0 Å². The summed E-state index contributed by atoms with van der Waals surface area (Å²) in [6.07, 6.45) is 0. The van der Waals surface area contributed by atoms with Crippen molar-refractivity contribution >= 4 is 124 Å². The molecule has 0 bridgehead atoms. The van der Waals surface area contributed by atoms with Crippen LogP contribution in [0.1, 0.15) is 5.56 Å². The molecule has 0 aliphatic heterocycles.